The number of nitrogens with one attached hydrogen (secondary N) is 1. The molecule has 1 saturated carbocycles. The van der Waals surface area contributed by atoms with Crippen molar-refractivity contribution in [1.29, 1.82) is 0 Å². The minimum atomic E-state index is 0.557. The SMILES string of the molecule is CCN(Cc1noc(C2CC2)n1)C1CNC1. The Morgan fingerprint density at radius 1 is 1.44 bits per heavy atom. The van der Waals surface area contributed by atoms with Crippen LogP contribution in [0.5, 0.6) is 0 Å². The van der Waals surface area contributed by atoms with E-state index in [1.807, 2.05) is 0 Å². The first-order valence-electron chi connectivity index (χ1n) is 6.14. The average Bonchev–Trinajstić information content (AvgIpc) is 2.96. The van der Waals surface area contributed by atoms with Gasteiger partial charge in [0.05, 0.1) is 6.54 Å². The molecule has 2 aliphatic rings. The van der Waals surface area contributed by atoms with Crippen molar-refractivity contribution in [2.45, 2.75) is 38.3 Å². The van der Waals surface area contributed by atoms with Crippen LogP contribution in [0, 0.1) is 0 Å². The average molecular weight is 222 g/mol. The highest BCUT2D eigenvalue weighted by atomic mass is 16.5. The highest BCUT2D eigenvalue weighted by molar-refractivity contribution is 5.02. The molecule has 16 heavy (non-hydrogen) atoms. The maximum Gasteiger partial charge on any atom is 0.229 e. The Labute approximate surface area is 95.2 Å². The first-order chi connectivity index (χ1) is 7.86. The molecule has 0 atom stereocenters. The molecule has 0 bridgehead atoms. The van der Waals surface area contributed by atoms with E-state index < -0.39 is 0 Å². The number of nitrogens with zero attached hydrogens (tertiary/aromatic N) is 3. The first kappa shape index (κ1) is 10.2. The third-order valence-corrected chi connectivity index (χ3v) is 3.44. The molecule has 1 saturated heterocycles. The molecule has 3 rings (SSSR count). The molecule has 1 aliphatic heterocycles. The van der Waals surface area contributed by atoms with Crippen LogP contribution in [-0.4, -0.2) is 40.7 Å². The number of aromatic nitrogens is 2. The van der Waals surface area contributed by atoms with Gasteiger partial charge in [-0.15, -0.1) is 0 Å². The Hall–Kier alpha value is -0.940. The topological polar surface area (TPSA) is 54.2 Å². The van der Waals surface area contributed by atoms with E-state index in [1.54, 1.807) is 0 Å². The van der Waals surface area contributed by atoms with E-state index in [0.29, 0.717) is 12.0 Å². The Kier molecular flexibility index (Phi) is 2.65. The third kappa shape index (κ3) is 1.97. The molecule has 0 radical (unpaired) electrons. The lowest BCUT2D eigenvalue weighted by Gasteiger charge is -2.36. The van der Waals surface area contributed by atoms with Gasteiger partial charge in [0, 0.05) is 25.0 Å². The molecule has 1 aromatic rings. The quantitative estimate of drug-likeness (QED) is 0.796. The molecule has 0 amide bonds. The molecule has 0 aromatic carbocycles. The van der Waals surface area contributed by atoms with Crippen LogP contribution in [0.25, 0.3) is 0 Å². The predicted molar refractivity (Wildman–Crippen MR) is 59.0 cm³/mol. The summed E-state index contributed by atoms with van der Waals surface area (Å²) >= 11 is 0. The third-order valence-electron chi connectivity index (χ3n) is 3.44. The second-order valence-electron chi connectivity index (χ2n) is 4.70. The van der Waals surface area contributed by atoms with Crippen LogP contribution in [0.15, 0.2) is 4.52 Å². The van der Waals surface area contributed by atoms with Gasteiger partial charge in [0.1, 0.15) is 0 Å². The van der Waals surface area contributed by atoms with Crippen LogP contribution in [0.1, 0.15) is 37.4 Å². The van der Waals surface area contributed by atoms with Gasteiger partial charge in [-0.05, 0) is 19.4 Å². The van der Waals surface area contributed by atoms with Crippen molar-refractivity contribution in [2.75, 3.05) is 19.6 Å². The lowest BCUT2D eigenvalue weighted by Crippen LogP contribution is -2.56. The van der Waals surface area contributed by atoms with Gasteiger partial charge in [-0.2, -0.15) is 4.98 Å². The van der Waals surface area contributed by atoms with Gasteiger partial charge in [-0.3, -0.25) is 4.90 Å². The molecule has 0 spiro atoms. The predicted octanol–water partition coefficient (Wildman–Crippen LogP) is 0.741. The van der Waals surface area contributed by atoms with Gasteiger partial charge in [-0.25, -0.2) is 0 Å². The molecular formula is C11H18N4O. The summed E-state index contributed by atoms with van der Waals surface area (Å²) in [4.78, 5) is 6.86. The van der Waals surface area contributed by atoms with Crippen LogP contribution >= 0.6 is 0 Å². The lowest BCUT2D eigenvalue weighted by molar-refractivity contribution is 0.140. The first-order valence-corrected chi connectivity index (χ1v) is 6.14. The van der Waals surface area contributed by atoms with Crippen molar-refractivity contribution in [3.63, 3.8) is 0 Å². The zero-order valence-corrected chi connectivity index (χ0v) is 9.65. The van der Waals surface area contributed by atoms with Gasteiger partial charge in [0.2, 0.25) is 5.89 Å². The highest BCUT2D eigenvalue weighted by Crippen LogP contribution is 2.38. The van der Waals surface area contributed by atoms with E-state index in [0.717, 1.165) is 37.9 Å². The van der Waals surface area contributed by atoms with Crippen LogP contribution < -0.4 is 5.32 Å². The zero-order valence-electron chi connectivity index (χ0n) is 9.65. The van der Waals surface area contributed by atoms with E-state index in [1.165, 1.54) is 12.8 Å². The molecule has 2 heterocycles. The van der Waals surface area contributed by atoms with Crippen LogP contribution in [0.3, 0.4) is 0 Å². The molecule has 88 valence electrons. The summed E-state index contributed by atoms with van der Waals surface area (Å²) in [6.07, 6.45) is 2.43. The van der Waals surface area contributed by atoms with Crippen molar-refractivity contribution in [2.24, 2.45) is 0 Å². The number of hydrogen-bond donors (Lipinski definition) is 1. The minimum Gasteiger partial charge on any atom is -0.339 e. The maximum absolute atomic E-state index is 5.26. The fraction of sp³-hybridized carbons (Fsp3) is 0.818. The molecular weight excluding hydrogens is 204 g/mol. The molecule has 0 unspecified atom stereocenters. The van der Waals surface area contributed by atoms with Gasteiger partial charge < -0.3 is 9.84 Å². The molecule has 5 nitrogen and oxygen atoms in total. The van der Waals surface area contributed by atoms with Crippen molar-refractivity contribution >= 4 is 0 Å². The molecule has 2 fully saturated rings. The second kappa shape index (κ2) is 4.14. The molecule has 1 aromatic heterocycles. The van der Waals surface area contributed by atoms with Gasteiger partial charge >= 0.3 is 0 Å². The number of rotatable bonds is 5. The summed E-state index contributed by atoms with van der Waals surface area (Å²) in [7, 11) is 0. The fourth-order valence-corrected chi connectivity index (χ4v) is 2.04. The minimum absolute atomic E-state index is 0.557. The van der Waals surface area contributed by atoms with E-state index in [4.69, 9.17) is 4.52 Å². The van der Waals surface area contributed by atoms with Gasteiger partial charge in [-0.1, -0.05) is 12.1 Å². The normalized spacial score (nSPS) is 21.4. The van der Waals surface area contributed by atoms with Crippen molar-refractivity contribution in [3.05, 3.63) is 11.7 Å². The summed E-state index contributed by atoms with van der Waals surface area (Å²) < 4.78 is 5.26. The highest BCUT2D eigenvalue weighted by Gasteiger charge is 2.30. The largest absolute Gasteiger partial charge is 0.339 e. The smallest absolute Gasteiger partial charge is 0.229 e. The number of likely N-dealkylation sites (N-methyl/N-ethyl adjacent to an activating group) is 1. The van der Waals surface area contributed by atoms with Crippen LogP contribution in [0.4, 0.5) is 0 Å². The number of hydrogen-bond acceptors (Lipinski definition) is 5. The molecule has 1 N–H and O–H groups in total. The molecule has 5 heteroatoms. The van der Waals surface area contributed by atoms with Crippen molar-refractivity contribution < 1.29 is 4.52 Å². The summed E-state index contributed by atoms with van der Waals surface area (Å²) in [5.41, 5.74) is 0. The standard InChI is InChI=1S/C11H18N4O/c1-2-15(9-5-12-6-9)7-10-13-11(16-14-10)8-3-4-8/h8-9,12H,2-7H2,1H3. The summed E-state index contributed by atoms with van der Waals surface area (Å²) in [5, 5.41) is 7.35. The van der Waals surface area contributed by atoms with Gasteiger partial charge in [0.15, 0.2) is 5.82 Å². The van der Waals surface area contributed by atoms with E-state index in [-0.39, 0.29) is 0 Å². The Balaban J connectivity index is 1.62. The van der Waals surface area contributed by atoms with Gasteiger partial charge in [0.25, 0.3) is 0 Å². The van der Waals surface area contributed by atoms with Crippen molar-refractivity contribution in [1.82, 2.24) is 20.4 Å². The summed E-state index contributed by atoms with van der Waals surface area (Å²) in [5.74, 6) is 2.25. The Morgan fingerprint density at radius 3 is 2.81 bits per heavy atom. The van der Waals surface area contributed by atoms with E-state index >= 15 is 0 Å². The lowest BCUT2D eigenvalue weighted by atomic mass is 10.1. The second-order valence-corrected chi connectivity index (χ2v) is 4.70. The van der Waals surface area contributed by atoms with Crippen molar-refractivity contribution in [3.8, 4) is 0 Å². The monoisotopic (exact) mass is 222 g/mol. The summed E-state index contributed by atoms with van der Waals surface area (Å²) in [6, 6.07) is 0.646. The van der Waals surface area contributed by atoms with E-state index in [9.17, 15) is 0 Å². The Morgan fingerprint density at radius 2 is 2.25 bits per heavy atom. The zero-order chi connectivity index (χ0) is 11.0. The maximum atomic E-state index is 5.26. The fourth-order valence-electron chi connectivity index (χ4n) is 2.04. The van der Waals surface area contributed by atoms with Crippen LogP contribution in [0.2, 0.25) is 0 Å². The summed E-state index contributed by atoms with van der Waals surface area (Å²) in [6.45, 7) is 6.21. The molecule has 1 aliphatic carbocycles. The Bertz CT molecular complexity index is 357. The van der Waals surface area contributed by atoms with Crippen LogP contribution in [-0.2, 0) is 6.54 Å². The van der Waals surface area contributed by atoms with E-state index in [2.05, 4.69) is 27.3 Å².